The summed E-state index contributed by atoms with van der Waals surface area (Å²) >= 11 is 1.46. The third-order valence-corrected chi connectivity index (χ3v) is 5.44. The van der Waals surface area contributed by atoms with Crippen molar-refractivity contribution in [3.63, 3.8) is 0 Å². The molecule has 4 nitrogen and oxygen atoms in total. The Labute approximate surface area is 166 Å². The number of aryl methyl sites for hydroxylation is 2. The molecule has 2 aromatic heterocycles. The average molecular weight is 391 g/mol. The molecule has 0 bridgehead atoms. The van der Waals surface area contributed by atoms with Gasteiger partial charge in [-0.25, -0.2) is 14.4 Å². The van der Waals surface area contributed by atoms with Gasteiger partial charge in [0, 0.05) is 11.4 Å². The van der Waals surface area contributed by atoms with Crippen molar-refractivity contribution in [1.82, 2.24) is 14.5 Å². The minimum absolute atomic E-state index is 0.197. The first-order valence-electron chi connectivity index (χ1n) is 8.86. The average Bonchev–Trinajstić information content (AvgIpc) is 2.67. The van der Waals surface area contributed by atoms with Crippen molar-refractivity contribution < 1.29 is 4.39 Å². The highest BCUT2D eigenvalue weighted by Gasteiger charge is 2.16. The maximum Gasteiger partial charge on any atom is 0.268 e. The van der Waals surface area contributed by atoms with E-state index in [4.69, 9.17) is 4.98 Å². The molecule has 140 valence electrons. The molecule has 0 aliphatic heterocycles. The highest BCUT2D eigenvalue weighted by atomic mass is 32.2. The molecule has 0 N–H and O–H groups in total. The summed E-state index contributed by atoms with van der Waals surface area (Å²) in [5, 5.41) is 1.02. The Morgan fingerprint density at radius 1 is 1.00 bits per heavy atom. The van der Waals surface area contributed by atoms with Crippen molar-refractivity contribution in [3.05, 3.63) is 93.7 Å². The fourth-order valence-corrected chi connectivity index (χ4v) is 4.10. The molecule has 4 aromatic rings. The Kier molecular flexibility index (Phi) is 4.96. The highest BCUT2D eigenvalue weighted by molar-refractivity contribution is 7.98. The van der Waals surface area contributed by atoms with Gasteiger partial charge in [0.15, 0.2) is 10.8 Å². The molecule has 2 aromatic carbocycles. The van der Waals surface area contributed by atoms with Gasteiger partial charge in [0.1, 0.15) is 5.82 Å². The normalized spacial score (nSPS) is 11.1. The van der Waals surface area contributed by atoms with E-state index in [0.29, 0.717) is 27.6 Å². The SMILES string of the molecule is Cc1cc(C)c2c(=O)n(-c3ccc(F)cc3)c(SCc3ccccc3)nc2n1. The lowest BCUT2D eigenvalue weighted by molar-refractivity contribution is 0.627. The van der Waals surface area contributed by atoms with Gasteiger partial charge >= 0.3 is 0 Å². The fourth-order valence-electron chi connectivity index (χ4n) is 3.14. The van der Waals surface area contributed by atoms with E-state index in [0.717, 1.165) is 16.8 Å². The van der Waals surface area contributed by atoms with Gasteiger partial charge in [-0.15, -0.1) is 0 Å². The Morgan fingerprint density at radius 2 is 1.71 bits per heavy atom. The number of nitrogens with zero attached hydrogens (tertiary/aromatic N) is 3. The second-order valence-corrected chi connectivity index (χ2v) is 7.51. The van der Waals surface area contributed by atoms with Crippen LogP contribution in [0.5, 0.6) is 0 Å². The number of pyridine rings is 1. The molecule has 4 rings (SSSR count). The number of aromatic nitrogens is 3. The number of hydrogen-bond acceptors (Lipinski definition) is 4. The van der Waals surface area contributed by atoms with E-state index in [1.54, 1.807) is 16.7 Å². The van der Waals surface area contributed by atoms with Crippen LogP contribution < -0.4 is 5.56 Å². The van der Waals surface area contributed by atoms with Crippen LogP contribution >= 0.6 is 11.8 Å². The standard InChI is InChI=1S/C22H18FN3OS/c1-14-12-15(2)24-20-19(14)21(27)26(18-10-8-17(23)9-11-18)22(25-20)28-13-16-6-4-3-5-7-16/h3-12H,13H2,1-2H3. The van der Waals surface area contributed by atoms with E-state index in [9.17, 15) is 9.18 Å². The van der Waals surface area contributed by atoms with Crippen LogP contribution in [0.15, 0.2) is 70.6 Å². The van der Waals surface area contributed by atoms with E-state index in [1.165, 1.54) is 23.9 Å². The maximum atomic E-state index is 13.4. The molecule has 6 heteroatoms. The molecule has 28 heavy (non-hydrogen) atoms. The summed E-state index contributed by atoms with van der Waals surface area (Å²) in [6, 6.07) is 17.7. The van der Waals surface area contributed by atoms with E-state index in [1.807, 2.05) is 50.2 Å². The lowest BCUT2D eigenvalue weighted by Gasteiger charge is -2.14. The van der Waals surface area contributed by atoms with E-state index < -0.39 is 0 Å². The zero-order chi connectivity index (χ0) is 19.7. The van der Waals surface area contributed by atoms with E-state index >= 15 is 0 Å². The van der Waals surface area contributed by atoms with Crippen LogP contribution in [0, 0.1) is 19.7 Å². The number of hydrogen-bond donors (Lipinski definition) is 0. The molecule has 0 radical (unpaired) electrons. The summed E-state index contributed by atoms with van der Waals surface area (Å²) in [6.45, 7) is 3.77. The van der Waals surface area contributed by atoms with Gasteiger partial charge in [-0.1, -0.05) is 42.1 Å². The first-order valence-corrected chi connectivity index (χ1v) is 9.85. The molecule has 0 atom stereocenters. The lowest BCUT2D eigenvalue weighted by Crippen LogP contribution is -2.23. The quantitative estimate of drug-likeness (QED) is 0.369. The Morgan fingerprint density at radius 3 is 2.43 bits per heavy atom. The van der Waals surface area contributed by atoms with Crippen LogP contribution in [0.1, 0.15) is 16.8 Å². The number of rotatable bonds is 4. The van der Waals surface area contributed by atoms with Crippen molar-refractivity contribution in [2.24, 2.45) is 0 Å². The lowest BCUT2D eigenvalue weighted by atomic mass is 10.2. The molecular formula is C22H18FN3OS. The second-order valence-electron chi connectivity index (χ2n) is 6.56. The van der Waals surface area contributed by atoms with Crippen molar-refractivity contribution in [1.29, 1.82) is 0 Å². The fraction of sp³-hybridized carbons (Fsp3) is 0.136. The Hall–Kier alpha value is -2.99. The van der Waals surface area contributed by atoms with Crippen molar-refractivity contribution in [3.8, 4) is 5.69 Å². The van der Waals surface area contributed by atoms with Gasteiger partial charge in [-0.3, -0.25) is 9.36 Å². The monoisotopic (exact) mass is 391 g/mol. The Bertz CT molecular complexity index is 1200. The summed E-state index contributed by atoms with van der Waals surface area (Å²) in [5.74, 6) is 0.308. The van der Waals surface area contributed by atoms with Crippen LogP contribution in [0.2, 0.25) is 0 Å². The third-order valence-electron chi connectivity index (χ3n) is 4.43. The minimum Gasteiger partial charge on any atom is -0.268 e. The summed E-state index contributed by atoms with van der Waals surface area (Å²) in [5.41, 5.74) is 3.59. The molecule has 0 amide bonds. The smallest absolute Gasteiger partial charge is 0.268 e. The molecule has 0 aliphatic rings. The minimum atomic E-state index is -0.350. The summed E-state index contributed by atoms with van der Waals surface area (Å²) in [4.78, 5) is 22.5. The first-order chi connectivity index (χ1) is 13.5. The molecule has 0 saturated heterocycles. The van der Waals surface area contributed by atoms with Crippen LogP contribution in [-0.2, 0) is 5.75 Å². The summed E-state index contributed by atoms with van der Waals surface area (Å²) in [7, 11) is 0. The molecule has 0 spiro atoms. The topological polar surface area (TPSA) is 47.8 Å². The van der Waals surface area contributed by atoms with Gasteiger partial charge in [-0.05, 0) is 55.3 Å². The van der Waals surface area contributed by atoms with Gasteiger partial charge in [0.25, 0.3) is 5.56 Å². The predicted molar refractivity (Wildman–Crippen MR) is 111 cm³/mol. The predicted octanol–water partition coefficient (Wildman–Crippen LogP) is 4.83. The third kappa shape index (κ3) is 3.55. The number of benzene rings is 2. The summed E-state index contributed by atoms with van der Waals surface area (Å²) in [6.07, 6.45) is 0. The first kappa shape index (κ1) is 18.4. The number of halogens is 1. The maximum absolute atomic E-state index is 13.4. The van der Waals surface area contributed by atoms with Crippen LogP contribution in [-0.4, -0.2) is 14.5 Å². The summed E-state index contributed by atoms with van der Waals surface area (Å²) < 4.78 is 15.0. The molecule has 2 heterocycles. The number of fused-ring (bicyclic) bond motifs is 1. The highest BCUT2D eigenvalue weighted by Crippen LogP contribution is 2.25. The van der Waals surface area contributed by atoms with Crippen LogP contribution in [0.3, 0.4) is 0 Å². The zero-order valence-corrected chi connectivity index (χ0v) is 16.3. The van der Waals surface area contributed by atoms with Crippen molar-refractivity contribution >= 4 is 22.8 Å². The molecular weight excluding hydrogens is 373 g/mol. The van der Waals surface area contributed by atoms with E-state index in [2.05, 4.69) is 4.98 Å². The molecule has 0 unspecified atom stereocenters. The molecule has 0 saturated carbocycles. The van der Waals surface area contributed by atoms with Crippen molar-refractivity contribution in [2.75, 3.05) is 0 Å². The van der Waals surface area contributed by atoms with Gasteiger partial charge in [0.05, 0.1) is 11.1 Å². The number of thioether (sulfide) groups is 1. The van der Waals surface area contributed by atoms with Crippen LogP contribution in [0.25, 0.3) is 16.7 Å². The van der Waals surface area contributed by atoms with E-state index in [-0.39, 0.29) is 11.4 Å². The van der Waals surface area contributed by atoms with Crippen LogP contribution in [0.4, 0.5) is 4.39 Å². The van der Waals surface area contributed by atoms with Crippen molar-refractivity contribution in [2.45, 2.75) is 24.8 Å². The van der Waals surface area contributed by atoms with Gasteiger partial charge in [0.2, 0.25) is 0 Å². The van der Waals surface area contributed by atoms with Gasteiger partial charge < -0.3 is 0 Å². The zero-order valence-electron chi connectivity index (χ0n) is 15.5. The second kappa shape index (κ2) is 7.56. The Balaban J connectivity index is 1.91. The largest absolute Gasteiger partial charge is 0.268 e. The molecule has 0 fully saturated rings. The van der Waals surface area contributed by atoms with Gasteiger partial charge in [-0.2, -0.15) is 0 Å². The molecule has 0 aliphatic carbocycles.